The SMILES string of the molecule is C=CCCOCCN1CCC(=O)NC1=O. The molecule has 1 saturated heterocycles. The molecule has 0 saturated carbocycles. The van der Waals surface area contributed by atoms with Crippen molar-refractivity contribution in [2.24, 2.45) is 0 Å². The normalized spacial score (nSPS) is 16.4. The standard InChI is InChI=1S/C10H16N2O3/c1-2-3-7-15-8-6-12-5-4-9(13)11-10(12)14/h2H,1,3-8H2,(H,11,13,14). The molecule has 0 unspecified atom stereocenters. The van der Waals surface area contributed by atoms with E-state index < -0.39 is 0 Å². The molecule has 0 aromatic carbocycles. The summed E-state index contributed by atoms with van der Waals surface area (Å²) in [5.41, 5.74) is 0. The Bertz CT molecular complexity index is 253. The molecule has 0 radical (unpaired) electrons. The van der Waals surface area contributed by atoms with Gasteiger partial charge in [0.25, 0.3) is 0 Å². The Kier molecular flexibility index (Phi) is 4.83. The summed E-state index contributed by atoms with van der Waals surface area (Å²) in [6, 6.07) is -0.321. The van der Waals surface area contributed by atoms with Crippen LogP contribution in [0.25, 0.3) is 0 Å². The molecule has 0 bridgehead atoms. The molecule has 84 valence electrons. The third-order valence-corrected chi connectivity index (χ3v) is 2.11. The lowest BCUT2D eigenvalue weighted by molar-refractivity contribution is -0.121. The first kappa shape index (κ1) is 11.7. The number of hydrogen-bond donors (Lipinski definition) is 1. The van der Waals surface area contributed by atoms with Crippen LogP contribution in [0.1, 0.15) is 12.8 Å². The maximum absolute atomic E-state index is 11.2. The minimum absolute atomic E-state index is 0.205. The predicted octanol–water partition coefficient (Wildman–Crippen LogP) is 0.521. The van der Waals surface area contributed by atoms with Gasteiger partial charge in [-0.05, 0) is 6.42 Å². The molecule has 1 fully saturated rings. The van der Waals surface area contributed by atoms with Crippen molar-refractivity contribution in [2.45, 2.75) is 12.8 Å². The van der Waals surface area contributed by atoms with Crippen molar-refractivity contribution < 1.29 is 14.3 Å². The van der Waals surface area contributed by atoms with E-state index in [4.69, 9.17) is 4.74 Å². The van der Waals surface area contributed by atoms with E-state index in [-0.39, 0.29) is 11.9 Å². The lowest BCUT2D eigenvalue weighted by Gasteiger charge is -2.26. The van der Waals surface area contributed by atoms with Gasteiger partial charge in [-0.25, -0.2) is 4.79 Å². The number of carbonyl (C=O) groups excluding carboxylic acids is 2. The van der Waals surface area contributed by atoms with Crippen molar-refractivity contribution in [3.8, 4) is 0 Å². The number of imide groups is 1. The smallest absolute Gasteiger partial charge is 0.324 e. The Morgan fingerprint density at radius 3 is 2.93 bits per heavy atom. The number of ether oxygens (including phenoxy) is 1. The van der Waals surface area contributed by atoms with Crippen LogP contribution in [0, 0.1) is 0 Å². The van der Waals surface area contributed by atoms with Crippen molar-refractivity contribution in [1.29, 1.82) is 0 Å². The van der Waals surface area contributed by atoms with Gasteiger partial charge < -0.3 is 9.64 Å². The molecule has 15 heavy (non-hydrogen) atoms. The number of urea groups is 1. The van der Waals surface area contributed by atoms with Gasteiger partial charge in [-0.2, -0.15) is 0 Å². The van der Waals surface area contributed by atoms with Gasteiger partial charge in [0.15, 0.2) is 0 Å². The predicted molar refractivity (Wildman–Crippen MR) is 55.4 cm³/mol. The molecule has 3 amide bonds. The number of amides is 3. The van der Waals surface area contributed by atoms with E-state index >= 15 is 0 Å². The van der Waals surface area contributed by atoms with Gasteiger partial charge >= 0.3 is 6.03 Å². The average Bonchev–Trinajstić information content (AvgIpc) is 2.20. The summed E-state index contributed by atoms with van der Waals surface area (Å²) in [5.74, 6) is -0.205. The third-order valence-electron chi connectivity index (χ3n) is 2.11. The zero-order valence-corrected chi connectivity index (χ0v) is 8.70. The van der Waals surface area contributed by atoms with Crippen LogP contribution in [0.4, 0.5) is 4.79 Å². The Morgan fingerprint density at radius 1 is 1.47 bits per heavy atom. The summed E-state index contributed by atoms with van der Waals surface area (Å²) in [7, 11) is 0. The van der Waals surface area contributed by atoms with Crippen LogP contribution in [-0.2, 0) is 9.53 Å². The van der Waals surface area contributed by atoms with Crippen LogP contribution >= 0.6 is 0 Å². The highest BCUT2D eigenvalue weighted by molar-refractivity contribution is 5.96. The minimum Gasteiger partial charge on any atom is -0.379 e. The molecule has 1 aliphatic rings. The summed E-state index contributed by atoms with van der Waals surface area (Å²) in [5, 5.41) is 2.26. The molecule has 1 rings (SSSR count). The van der Waals surface area contributed by atoms with Crippen molar-refractivity contribution >= 4 is 11.9 Å². The zero-order valence-electron chi connectivity index (χ0n) is 8.70. The topological polar surface area (TPSA) is 58.6 Å². The minimum atomic E-state index is -0.321. The fourth-order valence-corrected chi connectivity index (χ4v) is 1.26. The summed E-state index contributed by atoms with van der Waals surface area (Å²) in [4.78, 5) is 23.7. The molecule has 1 heterocycles. The number of hydrogen-bond acceptors (Lipinski definition) is 3. The fourth-order valence-electron chi connectivity index (χ4n) is 1.26. The molecule has 1 N–H and O–H groups in total. The lowest BCUT2D eigenvalue weighted by atomic mass is 10.3. The fraction of sp³-hybridized carbons (Fsp3) is 0.600. The first-order valence-corrected chi connectivity index (χ1v) is 5.01. The van der Waals surface area contributed by atoms with Crippen LogP contribution in [0.5, 0.6) is 0 Å². The van der Waals surface area contributed by atoms with Crippen LogP contribution < -0.4 is 5.32 Å². The van der Waals surface area contributed by atoms with Gasteiger partial charge in [0.05, 0.1) is 13.2 Å². The maximum Gasteiger partial charge on any atom is 0.324 e. The van der Waals surface area contributed by atoms with E-state index in [9.17, 15) is 9.59 Å². The second-order valence-corrected chi connectivity index (χ2v) is 3.28. The number of nitrogens with zero attached hydrogens (tertiary/aromatic N) is 1. The highest BCUT2D eigenvalue weighted by atomic mass is 16.5. The molecule has 0 spiro atoms. The lowest BCUT2D eigenvalue weighted by Crippen LogP contribution is -2.50. The second kappa shape index (κ2) is 6.19. The Morgan fingerprint density at radius 2 is 2.27 bits per heavy atom. The Labute approximate surface area is 89.1 Å². The quantitative estimate of drug-likeness (QED) is 0.516. The maximum atomic E-state index is 11.2. The highest BCUT2D eigenvalue weighted by Gasteiger charge is 2.21. The molecule has 0 aromatic heterocycles. The number of nitrogens with one attached hydrogen (secondary N) is 1. The molecular weight excluding hydrogens is 196 g/mol. The van der Waals surface area contributed by atoms with Gasteiger partial charge in [0, 0.05) is 19.5 Å². The van der Waals surface area contributed by atoms with E-state index in [1.54, 1.807) is 11.0 Å². The van der Waals surface area contributed by atoms with Crippen LogP contribution in [-0.4, -0.2) is 43.1 Å². The van der Waals surface area contributed by atoms with Crippen LogP contribution in [0.15, 0.2) is 12.7 Å². The Balaban J connectivity index is 2.13. The monoisotopic (exact) mass is 212 g/mol. The summed E-state index contributed by atoms with van der Waals surface area (Å²) in [6.45, 7) is 5.70. The van der Waals surface area contributed by atoms with E-state index in [2.05, 4.69) is 11.9 Å². The average molecular weight is 212 g/mol. The van der Waals surface area contributed by atoms with Crippen molar-refractivity contribution in [3.05, 3.63) is 12.7 Å². The van der Waals surface area contributed by atoms with Crippen molar-refractivity contribution in [2.75, 3.05) is 26.3 Å². The summed E-state index contributed by atoms with van der Waals surface area (Å²) in [6.07, 6.45) is 2.97. The molecule has 0 atom stereocenters. The molecule has 5 nitrogen and oxygen atoms in total. The third kappa shape index (κ3) is 4.12. The van der Waals surface area contributed by atoms with E-state index in [1.807, 2.05) is 0 Å². The Hall–Kier alpha value is -1.36. The van der Waals surface area contributed by atoms with E-state index in [0.717, 1.165) is 6.42 Å². The molecule has 0 aliphatic carbocycles. The van der Waals surface area contributed by atoms with Crippen LogP contribution in [0.3, 0.4) is 0 Å². The van der Waals surface area contributed by atoms with Crippen molar-refractivity contribution in [3.63, 3.8) is 0 Å². The summed E-state index contributed by atoms with van der Waals surface area (Å²) >= 11 is 0. The summed E-state index contributed by atoms with van der Waals surface area (Å²) < 4.78 is 5.27. The number of rotatable bonds is 6. The zero-order chi connectivity index (χ0) is 11.1. The van der Waals surface area contributed by atoms with Gasteiger partial charge in [-0.15, -0.1) is 6.58 Å². The first-order valence-electron chi connectivity index (χ1n) is 5.01. The van der Waals surface area contributed by atoms with E-state index in [1.165, 1.54) is 0 Å². The highest BCUT2D eigenvalue weighted by Crippen LogP contribution is 1.99. The largest absolute Gasteiger partial charge is 0.379 e. The molecule has 0 aromatic rings. The number of carbonyl (C=O) groups is 2. The molecule has 1 aliphatic heterocycles. The van der Waals surface area contributed by atoms with Crippen molar-refractivity contribution in [1.82, 2.24) is 10.2 Å². The molecular formula is C10H16N2O3. The van der Waals surface area contributed by atoms with Gasteiger partial charge in [-0.1, -0.05) is 6.08 Å². The van der Waals surface area contributed by atoms with Gasteiger partial charge in [0.2, 0.25) is 5.91 Å². The molecule has 5 heteroatoms. The van der Waals surface area contributed by atoms with Gasteiger partial charge in [0.1, 0.15) is 0 Å². The van der Waals surface area contributed by atoms with Crippen LogP contribution in [0.2, 0.25) is 0 Å². The van der Waals surface area contributed by atoms with E-state index in [0.29, 0.717) is 32.7 Å². The second-order valence-electron chi connectivity index (χ2n) is 3.28. The first-order chi connectivity index (χ1) is 7.24. The van der Waals surface area contributed by atoms with Gasteiger partial charge in [-0.3, -0.25) is 10.1 Å².